The Morgan fingerprint density at radius 3 is 2.17 bits per heavy atom. The third kappa shape index (κ3) is 12.1. The second-order valence-corrected chi connectivity index (χ2v) is 10.2. The minimum atomic E-state index is -1.20. The van der Waals surface area contributed by atoms with Gasteiger partial charge in [-0.05, 0) is 30.7 Å². The lowest BCUT2D eigenvalue weighted by Crippen LogP contribution is -2.58. The van der Waals surface area contributed by atoms with Crippen molar-refractivity contribution < 1.29 is 24.3 Å². The Morgan fingerprint density at radius 1 is 0.951 bits per heavy atom. The van der Waals surface area contributed by atoms with Crippen LogP contribution in [-0.2, 0) is 32.0 Å². The van der Waals surface area contributed by atoms with E-state index in [0.29, 0.717) is 18.7 Å². The van der Waals surface area contributed by atoms with Gasteiger partial charge in [-0.3, -0.25) is 19.4 Å². The van der Waals surface area contributed by atoms with Crippen molar-refractivity contribution in [2.24, 2.45) is 28.1 Å². The number of carboxylic acids is 1. The maximum absolute atomic E-state index is 13.4. The van der Waals surface area contributed by atoms with Crippen LogP contribution in [0.3, 0.4) is 0 Å². The maximum atomic E-state index is 13.4. The zero-order chi connectivity index (χ0) is 30.4. The molecular weight excluding hydrogens is 530 g/mol. The van der Waals surface area contributed by atoms with Crippen LogP contribution in [0.25, 0.3) is 0 Å². The molecule has 4 unspecified atom stereocenters. The molecule has 224 valence electrons. The van der Waals surface area contributed by atoms with Crippen molar-refractivity contribution in [2.75, 3.05) is 6.54 Å². The Morgan fingerprint density at radius 2 is 1.59 bits per heavy atom. The summed E-state index contributed by atoms with van der Waals surface area (Å²) in [4.78, 5) is 62.1. The van der Waals surface area contributed by atoms with E-state index in [4.69, 9.17) is 17.2 Å². The van der Waals surface area contributed by atoms with Gasteiger partial charge in [0.1, 0.15) is 18.1 Å². The zero-order valence-corrected chi connectivity index (χ0v) is 23.4. The molecule has 14 nitrogen and oxygen atoms in total. The highest BCUT2D eigenvalue weighted by Gasteiger charge is 2.31. The molecule has 3 amide bonds. The largest absolute Gasteiger partial charge is 0.480 e. The molecular formula is C27H41N9O5. The number of aliphatic imine (C=N–C) groups is 1. The number of amides is 3. The Kier molecular flexibility index (Phi) is 13.3. The van der Waals surface area contributed by atoms with Gasteiger partial charge < -0.3 is 43.2 Å². The number of imidazole rings is 1. The standard InChI is InChI=1S/C27H41N9O5/c1-16(2)11-20(24(38)36-22(26(40)41)12-17-7-4-3-5-8-17)35-25(39)21(13-18-14-31-15-33-18)34-23(37)19(28)9-6-10-32-27(29)30/h3-5,7-8,14-16,19-22H,6,9-13,28H2,1-2H3,(H,31,33)(H,34,37)(H,35,39)(H,36,38)(H,40,41)(H4,29,30,32). The van der Waals surface area contributed by atoms with Crippen molar-refractivity contribution >= 4 is 29.7 Å². The average Bonchev–Trinajstić information content (AvgIpc) is 3.43. The normalized spacial score (nSPS) is 13.9. The molecule has 2 aromatic rings. The van der Waals surface area contributed by atoms with Crippen LogP contribution in [0, 0.1) is 5.92 Å². The zero-order valence-electron chi connectivity index (χ0n) is 23.4. The monoisotopic (exact) mass is 571 g/mol. The number of aliphatic carboxylic acids is 1. The summed E-state index contributed by atoms with van der Waals surface area (Å²) < 4.78 is 0. The van der Waals surface area contributed by atoms with Gasteiger partial charge in [-0.1, -0.05) is 44.2 Å². The average molecular weight is 572 g/mol. The summed E-state index contributed by atoms with van der Waals surface area (Å²) in [6, 6.07) is 4.64. The summed E-state index contributed by atoms with van der Waals surface area (Å²) in [5.41, 5.74) is 17.9. The molecule has 1 heterocycles. The van der Waals surface area contributed by atoms with Crippen molar-refractivity contribution in [3.8, 4) is 0 Å². The van der Waals surface area contributed by atoms with E-state index in [1.54, 1.807) is 24.3 Å². The Hall–Kier alpha value is -4.46. The molecule has 1 aromatic carbocycles. The van der Waals surface area contributed by atoms with Gasteiger partial charge in [-0.25, -0.2) is 9.78 Å². The van der Waals surface area contributed by atoms with E-state index < -0.39 is 47.9 Å². The molecule has 0 radical (unpaired) electrons. The van der Waals surface area contributed by atoms with Gasteiger partial charge in [0.15, 0.2) is 5.96 Å². The fourth-order valence-corrected chi connectivity index (χ4v) is 4.05. The van der Waals surface area contributed by atoms with Crippen LogP contribution in [-0.4, -0.2) is 75.4 Å². The van der Waals surface area contributed by atoms with Crippen LogP contribution in [0.4, 0.5) is 0 Å². The lowest BCUT2D eigenvalue weighted by Gasteiger charge is -2.26. The summed E-state index contributed by atoms with van der Waals surface area (Å²) in [6.45, 7) is 4.04. The van der Waals surface area contributed by atoms with Gasteiger partial charge in [0.25, 0.3) is 0 Å². The van der Waals surface area contributed by atoms with E-state index >= 15 is 0 Å². The molecule has 0 spiro atoms. The highest BCUT2D eigenvalue weighted by Crippen LogP contribution is 2.09. The van der Waals surface area contributed by atoms with E-state index in [0.717, 1.165) is 5.56 Å². The third-order valence-electron chi connectivity index (χ3n) is 6.15. The lowest BCUT2D eigenvalue weighted by molar-refractivity contribution is -0.142. The summed E-state index contributed by atoms with van der Waals surface area (Å²) in [5, 5.41) is 17.6. The van der Waals surface area contributed by atoms with E-state index in [1.807, 2.05) is 19.9 Å². The number of benzene rings is 1. The number of carboxylic acid groups (broad SMARTS) is 1. The highest BCUT2D eigenvalue weighted by molar-refractivity contribution is 5.94. The number of guanidine groups is 1. The number of carbonyl (C=O) groups is 4. The molecule has 0 aliphatic rings. The minimum Gasteiger partial charge on any atom is -0.480 e. The van der Waals surface area contributed by atoms with E-state index in [-0.39, 0.29) is 37.6 Å². The number of hydrogen-bond donors (Lipinski definition) is 8. The molecule has 4 atom stereocenters. The molecule has 2 rings (SSSR count). The smallest absolute Gasteiger partial charge is 0.326 e. The molecule has 0 aliphatic carbocycles. The first-order valence-corrected chi connectivity index (χ1v) is 13.4. The minimum absolute atomic E-state index is 0.0114. The Bertz CT molecular complexity index is 1150. The van der Waals surface area contributed by atoms with Crippen LogP contribution in [0.1, 0.15) is 44.4 Å². The number of rotatable bonds is 17. The number of aromatic amines is 1. The number of H-pyrrole nitrogens is 1. The van der Waals surface area contributed by atoms with Crippen LogP contribution in [0.15, 0.2) is 47.8 Å². The molecule has 11 N–H and O–H groups in total. The number of nitrogens with one attached hydrogen (secondary N) is 4. The Balaban J connectivity index is 2.14. The predicted molar refractivity (Wildman–Crippen MR) is 153 cm³/mol. The van der Waals surface area contributed by atoms with E-state index in [9.17, 15) is 24.3 Å². The van der Waals surface area contributed by atoms with E-state index in [1.165, 1.54) is 12.5 Å². The SMILES string of the molecule is CC(C)CC(NC(=O)C(Cc1cnc[nH]1)NC(=O)C(N)CCCN=C(N)N)C(=O)NC(Cc1ccccc1)C(=O)O. The summed E-state index contributed by atoms with van der Waals surface area (Å²) >= 11 is 0. The molecule has 14 heteroatoms. The molecule has 1 aromatic heterocycles. The van der Waals surface area contributed by atoms with Crippen LogP contribution < -0.4 is 33.2 Å². The third-order valence-corrected chi connectivity index (χ3v) is 6.15. The van der Waals surface area contributed by atoms with Gasteiger partial charge >= 0.3 is 5.97 Å². The van der Waals surface area contributed by atoms with Crippen molar-refractivity contribution in [1.82, 2.24) is 25.9 Å². The quantitative estimate of drug-likeness (QED) is 0.0669. The molecule has 41 heavy (non-hydrogen) atoms. The summed E-state index contributed by atoms with van der Waals surface area (Å²) in [5.74, 6) is -3.10. The topological polar surface area (TPSA) is 244 Å². The summed E-state index contributed by atoms with van der Waals surface area (Å²) in [6.07, 6.45) is 4.05. The summed E-state index contributed by atoms with van der Waals surface area (Å²) in [7, 11) is 0. The second-order valence-electron chi connectivity index (χ2n) is 10.2. The first-order chi connectivity index (χ1) is 19.5. The first-order valence-electron chi connectivity index (χ1n) is 13.4. The van der Waals surface area contributed by atoms with Crippen molar-refractivity contribution in [2.45, 2.75) is 70.1 Å². The number of nitrogens with zero attached hydrogens (tertiary/aromatic N) is 2. The van der Waals surface area contributed by atoms with Crippen LogP contribution in [0.2, 0.25) is 0 Å². The van der Waals surface area contributed by atoms with Crippen molar-refractivity contribution in [3.05, 3.63) is 54.1 Å². The predicted octanol–water partition coefficient (Wildman–Crippen LogP) is -0.839. The van der Waals surface area contributed by atoms with Gasteiger partial charge in [-0.2, -0.15) is 0 Å². The molecule has 0 bridgehead atoms. The molecule has 0 saturated carbocycles. The Labute approximate surface area is 238 Å². The number of hydrogen-bond acceptors (Lipinski definition) is 7. The molecule has 0 fully saturated rings. The van der Waals surface area contributed by atoms with Gasteiger partial charge in [-0.15, -0.1) is 0 Å². The van der Waals surface area contributed by atoms with Gasteiger partial charge in [0.2, 0.25) is 17.7 Å². The lowest BCUT2D eigenvalue weighted by atomic mass is 10.0. The number of nitrogens with two attached hydrogens (primary N) is 3. The molecule has 0 saturated heterocycles. The van der Waals surface area contributed by atoms with Gasteiger partial charge in [0.05, 0.1) is 12.4 Å². The fraction of sp³-hybridized carbons (Fsp3) is 0.481. The van der Waals surface area contributed by atoms with E-state index in [2.05, 4.69) is 30.9 Å². The van der Waals surface area contributed by atoms with Gasteiger partial charge in [0, 0.05) is 31.3 Å². The first kappa shape index (κ1) is 32.8. The number of carbonyl (C=O) groups excluding carboxylic acids is 3. The molecule has 0 aliphatic heterocycles. The van der Waals surface area contributed by atoms with Crippen LogP contribution in [0.5, 0.6) is 0 Å². The number of aromatic nitrogens is 2. The van der Waals surface area contributed by atoms with Crippen molar-refractivity contribution in [3.63, 3.8) is 0 Å². The van der Waals surface area contributed by atoms with Crippen molar-refractivity contribution in [1.29, 1.82) is 0 Å². The van der Waals surface area contributed by atoms with Crippen LogP contribution >= 0.6 is 0 Å². The highest BCUT2D eigenvalue weighted by atomic mass is 16.4. The fourth-order valence-electron chi connectivity index (χ4n) is 4.05. The second kappa shape index (κ2) is 16.6. The maximum Gasteiger partial charge on any atom is 0.326 e.